The van der Waals surface area contributed by atoms with Gasteiger partial charge in [0.1, 0.15) is 15.7 Å². The first kappa shape index (κ1) is 16.1. The number of hydrogen-bond donors (Lipinski definition) is 1. The van der Waals surface area contributed by atoms with Crippen LogP contribution in [0.1, 0.15) is 36.9 Å². The molecule has 1 atom stereocenters. The molecule has 1 aromatic carbocycles. The maximum Gasteiger partial charge on any atom is 0.147 e. The molecule has 0 aromatic heterocycles. The van der Waals surface area contributed by atoms with Gasteiger partial charge in [0.15, 0.2) is 0 Å². The summed E-state index contributed by atoms with van der Waals surface area (Å²) in [6.45, 7) is 4.58. The van der Waals surface area contributed by atoms with Crippen LogP contribution in [0, 0.1) is 12.7 Å². The maximum absolute atomic E-state index is 13.3. The minimum Gasteiger partial charge on any atom is -0.310 e. The Hall–Kier alpha value is -0.940. The van der Waals surface area contributed by atoms with Gasteiger partial charge < -0.3 is 5.32 Å². The fourth-order valence-electron chi connectivity index (χ4n) is 1.92. The zero-order valence-electron chi connectivity index (χ0n) is 11.7. The summed E-state index contributed by atoms with van der Waals surface area (Å²) in [5.74, 6) is -0.105. The van der Waals surface area contributed by atoms with E-state index in [4.69, 9.17) is 0 Å². The summed E-state index contributed by atoms with van der Waals surface area (Å²) < 4.78 is 35.8. The van der Waals surface area contributed by atoms with E-state index in [1.54, 1.807) is 19.1 Å². The second-order valence-electron chi connectivity index (χ2n) is 4.93. The van der Waals surface area contributed by atoms with E-state index in [9.17, 15) is 12.8 Å². The zero-order valence-corrected chi connectivity index (χ0v) is 12.6. The lowest BCUT2D eigenvalue weighted by atomic mass is 10.0. The highest BCUT2D eigenvalue weighted by atomic mass is 32.2. The Morgan fingerprint density at radius 1 is 1.37 bits per heavy atom. The summed E-state index contributed by atoms with van der Waals surface area (Å²) in [6, 6.07) is 4.89. The molecule has 0 amide bonds. The summed E-state index contributed by atoms with van der Waals surface area (Å²) in [5.41, 5.74) is 1.52. The topological polar surface area (TPSA) is 46.2 Å². The third-order valence-corrected chi connectivity index (χ3v) is 3.98. The third-order valence-electron chi connectivity index (χ3n) is 3.00. The van der Waals surface area contributed by atoms with Crippen LogP contribution in [0.25, 0.3) is 0 Å². The zero-order chi connectivity index (χ0) is 14.5. The first-order chi connectivity index (χ1) is 8.83. The van der Waals surface area contributed by atoms with Crippen LogP contribution in [0.5, 0.6) is 0 Å². The van der Waals surface area contributed by atoms with Gasteiger partial charge in [0, 0.05) is 12.3 Å². The van der Waals surface area contributed by atoms with Crippen molar-refractivity contribution < 1.29 is 12.8 Å². The smallest absolute Gasteiger partial charge is 0.147 e. The van der Waals surface area contributed by atoms with Gasteiger partial charge in [-0.1, -0.05) is 19.1 Å². The van der Waals surface area contributed by atoms with Crippen molar-refractivity contribution in [1.82, 2.24) is 5.32 Å². The van der Waals surface area contributed by atoms with E-state index in [0.717, 1.165) is 18.5 Å². The largest absolute Gasteiger partial charge is 0.310 e. The highest BCUT2D eigenvalue weighted by Crippen LogP contribution is 2.20. The van der Waals surface area contributed by atoms with E-state index in [1.807, 2.05) is 0 Å². The van der Waals surface area contributed by atoms with Gasteiger partial charge in [0.2, 0.25) is 0 Å². The van der Waals surface area contributed by atoms with Gasteiger partial charge in [0.25, 0.3) is 0 Å². The molecule has 0 saturated heterocycles. The molecule has 0 aliphatic carbocycles. The van der Waals surface area contributed by atoms with Crippen molar-refractivity contribution in [3.8, 4) is 0 Å². The molecule has 0 fully saturated rings. The van der Waals surface area contributed by atoms with E-state index in [1.165, 1.54) is 12.3 Å². The molecule has 5 heteroatoms. The number of hydrogen-bond acceptors (Lipinski definition) is 3. The summed E-state index contributed by atoms with van der Waals surface area (Å²) in [4.78, 5) is 0. The van der Waals surface area contributed by atoms with E-state index < -0.39 is 9.84 Å². The van der Waals surface area contributed by atoms with Crippen molar-refractivity contribution in [2.24, 2.45) is 0 Å². The maximum atomic E-state index is 13.3. The average Bonchev–Trinajstić information content (AvgIpc) is 2.32. The van der Waals surface area contributed by atoms with E-state index in [-0.39, 0.29) is 17.6 Å². The molecule has 19 heavy (non-hydrogen) atoms. The Balaban J connectivity index is 2.85. The molecule has 0 saturated carbocycles. The number of halogens is 1. The van der Waals surface area contributed by atoms with E-state index in [0.29, 0.717) is 12.0 Å². The van der Waals surface area contributed by atoms with E-state index >= 15 is 0 Å². The molecular formula is C14H22FNO2S. The highest BCUT2D eigenvalue weighted by molar-refractivity contribution is 7.90. The first-order valence-corrected chi connectivity index (χ1v) is 8.56. The van der Waals surface area contributed by atoms with Crippen LogP contribution in [0.4, 0.5) is 4.39 Å². The van der Waals surface area contributed by atoms with Crippen LogP contribution in [-0.2, 0) is 9.84 Å². The van der Waals surface area contributed by atoms with Crippen LogP contribution in [0.15, 0.2) is 18.2 Å². The number of aryl methyl sites for hydroxylation is 1. The van der Waals surface area contributed by atoms with Gasteiger partial charge in [-0.05, 0) is 43.5 Å². The highest BCUT2D eigenvalue weighted by Gasteiger charge is 2.14. The van der Waals surface area contributed by atoms with Gasteiger partial charge >= 0.3 is 0 Å². The predicted octanol–water partition coefficient (Wildman–Crippen LogP) is 2.61. The van der Waals surface area contributed by atoms with E-state index in [2.05, 4.69) is 12.2 Å². The summed E-state index contributed by atoms with van der Waals surface area (Å²) in [7, 11) is -2.98. The van der Waals surface area contributed by atoms with Crippen LogP contribution >= 0.6 is 0 Å². The summed E-state index contributed by atoms with van der Waals surface area (Å²) in [5, 5.41) is 3.32. The second kappa shape index (κ2) is 7.01. The number of benzene rings is 1. The van der Waals surface area contributed by atoms with Crippen LogP contribution in [0.2, 0.25) is 0 Å². The molecule has 0 aliphatic rings. The third kappa shape index (κ3) is 5.70. The molecule has 0 aliphatic heterocycles. The monoisotopic (exact) mass is 287 g/mol. The van der Waals surface area contributed by atoms with Crippen molar-refractivity contribution in [1.29, 1.82) is 0 Å². The summed E-state index contributed by atoms with van der Waals surface area (Å²) in [6.07, 6.45) is 2.71. The van der Waals surface area contributed by atoms with Crippen LogP contribution in [0.3, 0.4) is 0 Å². The SMILES string of the molecule is CCCNC(CCS(C)(=O)=O)c1ccc(F)c(C)c1. The Bertz CT molecular complexity index is 514. The minimum absolute atomic E-state index is 0.0472. The Morgan fingerprint density at radius 2 is 2.05 bits per heavy atom. The van der Waals surface area contributed by atoms with Crippen molar-refractivity contribution in [2.75, 3.05) is 18.6 Å². The van der Waals surface area contributed by atoms with Gasteiger partial charge in [-0.3, -0.25) is 0 Å². The average molecular weight is 287 g/mol. The van der Waals surface area contributed by atoms with Crippen molar-refractivity contribution >= 4 is 9.84 Å². The molecule has 0 spiro atoms. The fourth-order valence-corrected chi connectivity index (χ4v) is 2.59. The number of nitrogens with one attached hydrogen (secondary N) is 1. The van der Waals surface area contributed by atoms with Gasteiger partial charge in [-0.2, -0.15) is 0 Å². The Morgan fingerprint density at radius 3 is 2.58 bits per heavy atom. The first-order valence-electron chi connectivity index (χ1n) is 6.50. The summed E-state index contributed by atoms with van der Waals surface area (Å²) >= 11 is 0. The van der Waals surface area contributed by atoms with Crippen molar-refractivity contribution in [2.45, 2.75) is 32.7 Å². The van der Waals surface area contributed by atoms with Crippen LogP contribution in [-0.4, -0.2) is 27.0 Å². The number of rotatable bonds is 7. The molecule has 0 radical (unpaired) electrons. The lowest BCUT2D eigenvalue weighted by molar-refractivity contribution is 0.511. The minimum atomic E-state index is -2.98. The predicted molar refractivity (Wildman–Crippen MR) is 76.5 cm³/mol. The second-order valence-corrected chi connectivity index (χ2v) is 7.19. The molecule has 108 valence electrons. The number of sulfone groups is 1. The van der Waals surface area contributed by atoms with Crippen molar-refractivity contribution in [3.63, 3.8) is 0 Å². The molecule has 1 rings (SSSR count). The van der Waals surface area contributed by atoms with Crippen molar-refractivity contribution in [3.05, 3.63) is 35.1 Å². The molecule has 1 aromatic rings. The Kier molecular flexibility index (Phi) is 5.94. The quantitative estimate of drug-likeness (QED) is 0.838. The molecular weight excluding hydrogens is 265 g/mol. The Labute approximate surface area is 115 Å². The molecule has 0 heterocycles. The lowest BCUT2D eigenvalue weighted by Gasteiger charge is -2.19. The fraction of sp³-hybridized carbons (Fsp3) is 0.571. The normalized spacial score (nSPS) is 13.5. The van der Waals surface area contributed by atoms with Gasteiger partial charge in [-0.15, -0.1) is 0 Å². The molecule has 3 nitrogen and oxygen atoms in total. The molecule has 1 unspecified atom stereocenters. The standard InChI is InChI=1S/C14H22FNO2S/c1-4-8-16-14(7-9-19(3,17)18)12-5-6-13(15)11(2)10-12/h5-6,10,14,16H,4,7-9H2,1-3H3. The van der Waals surface area contributed by atoms with Gasteiger partial charge in [-0.25, -0.2) is 12.8 Å². The molecule has 0 bridgehead atoms. The molecule has 1 N–H and O–H groups in total. The van der Waals surface area contributed by atoms with Gasteiger partial charge in [0.05, 0.1) is 5.75 Å². The lowest BCUT2D eigenvalue weighted by Crippen LogP contribution is -2.24. The van der Waals surface area contributed by atoms with Crippen LogP contribution < -0.4 is 5.32 Å².